The van der Waals surface area contributed by atoms with E-state index in [-0.39, 0.29) is 6.10 Å². The van der Waals surface area contributed by atoms with Gasteiger partial charge in [0.25, 0.3) is 0 Å². The van der Waals surface area contributed by atoms with Crippen LogP contribution in [0.15, 0.2) is 18.3 Å². The predicted molar refractivity (Wildman–Crippen MR) is 52.1 cm³/mol. The SMILES string of the molecule is Cc1ccc(C#CC[C@H](C)O)cn1. The molecule has 1 N–H and O–H groups in total. The number of rotatable bonds is 1. The van der Waals surface area contributed by atoms with Crippen LogP contribution in [0.3, 0.4) is 0 Å². The number of aliphatic hydroxyl groups excluding tert-OH is 1. The van der Waals surface area contributed by atoms with Crippen molar-refractivity contribution in [2.75, 3.05) is 0 Å². The molecule has 1 aromatic rings. The predicted octanol–water partition coefficient (Wildman–Crippen LogP) is 1.51. The summed E-state index contributed by atoms with van der Waals surface area (Å²) in [5.74, 6) is 5.81. The molecule has 1 rings (SSSR count). The molecule has 0 radical (unpaired) electrons. The Labute approximate surface area is 78.6 Å². The van der Waals surface area contributed by atoms with Gasteiger partial charge in [0.15, 0.2) is 0 Å². The van der Waals surface area contributed by atoms with E-state index >= 15 is 0 Å². The Morgan fingerprint density at radius 1 is 1.54 bits per heavy atom. The van der Waals surface area contributed by atoms with E-state index in [1.165, 1.54) is 0 Å². The summed E-state index contributed by atoms with van der Waals surface area (Å²) in [5, 5.41) is 8.96. The van der Waals surface area contributed by atoms with Crippen LogP contribution in [-0.4, -0.2) is 16.2 Å². The molecule has 0 aromatic carbocycles. The van der Waals surface area contributed by atoms with E-state index in [9.17, 15) is 0 Å². The van der Waals surface area contributed by atoms with Gasteiger partial charge in [-0.25, -0.2) is 0 Å². The highest BCUT2D eigenvalue weighted by atomic mass is 16.3. The number of aliphatic hydroxyl groups is 1. The largest absolute Gasteiger partial charge is 0.392 e. The molecule has 1 atom stereocenters. The van der Waals surface area contributed by atoms with Crippen molar-refractivity contribution in [2.45, 2.75) is 26.4 Å². The van der Waals surface area contributed by atoms with Crippen molar-refractivity contribution in [1.82, 2.24) is 4.98 Å². The van der Waals surface area contributed by atoms with Crippen LogP contribution < -0.4 is 0 Å². The van der Waals surface area contributed by atoms with Crippen LogP contribution in [0.4, 0.5) is 0 Å². The van der Waals surface area contributed by atoms with Crippen LogP contribution >= 0.6 is 0 Å². The van der Waals surface area contributed by atoms with Crippen LogP contribution in [-0.2, 0) is 0 Å². The van der Waals surface area contributed by atoms with Crippen molar-refractivity contribution < 1.29 is 5.11 Å². The lowest BCUT2D eigenvalue weighted by Gasteiger charge is -1.93. The Hall–Kier alpha value is -1.33. The molecule has 0 unspecified atom stereocenters. The normalized spacial score (nSPS) is 11.6. The van der Waals surface area contributed by atoms with Gasteiger partial charge in [0, 0.05) is 23.9 Å². The van der Waals surface area contributed by atoms with E-state index in [0.717, 1.165) is 11.3 Å². The zero-order valence-electron chi connectivity index (χ0n) is 7.91. The maximum Gasteiger partial charge on any atom is 0.0621 e. The van der Waals surface area contributed by atoms with Crippen LogP contribution in [0.25, 0.3) is 0 Å². The van der Waals surface area contributed by atoms with Crippen LogP contribution in [0.5, 0.6) is 0 Å². The third kappa shape index (κ3) is 3.73. The average molecular weight is 175 g/mol. The first kappa shape index (κ1) is 9.76. The second kappa shape index (κ2) is 4.64. The molecule has 0 saturated carbocycles. The molecule has 0 aliphatic carbocycles. The zero-order valence-corrected chi connectivity index (χ0v) is 7.91. The van der Waals surface area contributed by atoms with Crippen LogP contribution in [0.1, 0.15) is 24.6 Å². The average Bonchev–Trinajstić information content (AvgIpc) is 2.08. The third-order valence-electron chi connectivity index (χ3n) is 1.54. The van der Waals surface area contributed by atoms with Crippen molar-refractivity contribution in [3.63, 3.8) is 0 Å². The summed E-state index contributed by atoms with van der Waals surface area (Å²) in [6, 6.07) is 3.85. The first-order valence-corrected chi connectivity index (χ1v) is 4.28. The molecule has 0 spiro atoms. The van der Waals surface area contributed by atoms with E-state index in [4.69, 9.17) is 5.11 Å². The fraction of sp³-hybridized carbons (Fsp3) is 0.364. The molecule has 0 bridgehead atoms. The number of aryl methyl sites for hydroxylation is 1. The Kier molecular flexibility index (Phi) is 3.48. The standard InChI is InChI=1S/C11H13NO/c1-9-6-7-11(8-12-9)5-3-4-10(2)13/h6-8,10,13H,4H2,1-2H3/t10-/m0/s1. The van der Waals surface area contributed by atoms with Crippen LogP contribution in [0, 0.1) is 18.8 Å². The van der Waals surface area contributed by atoms with Crippen LogP contribution in [0.2, 0.25) is 0 Å². The molecule has 1 heterocycles. The van der Waals surface area contributed by atoms with Crippen molar-refractivity contribution in [1.29, 1.82) is 0 Å². The summed E-state index contributed by atoms with van der Waals surface area (Å²) in [7, 11) is 0. The van der Waals surface area contributed by atoms with Gasteiger partial charge < -0.3 is 5.11 Å². The van der Waals surface area contributed by atoms with Crippen molar-refractivity contribution in [3.8, 4) is 11.8 Å². The minimum Gasteiger partial charge on any atom is -0.392 e. The van der Waals surface area contributed by atoms with Gasteiger partial charge >= 0.3 is 0 Å². The Morgan fingerprint density at radius 2 is 2.31 bits per heavy atom. The van der Waals surface area contributed by atoms with Gasteiger partial charge in [-0.1, -0.05) is 11.8 Å². The molecule has 0 aliphatic heterocycles. The minimum absolute atomic E-state index is 0.356. The van der Waals surface area contributed by atoms with Gasteiger partial charge in [0.05, 0.1) is 6.10 Å². The van der Waals surface area contributed by atoms with E-state index in [0.29, 0.717) is 6.42 Å². The third-order valence-corrected chi connectivity index (χ3v) is 1.54. The molecule has 2 nitrogen and oxygen atoms in total. The van der Waals surface area contributed by atoms with E-state index in [2.05, 4.69) is 16.8 Å². The molecule has 1 aromatic heterocycles. The molecule has 0 amide bonds. The summed E-state index contributed by atoms with van der Waals surface area (Å²) >= 11 is 0. The smallest absolute Gasteiger partial charge is 0.0621 e. The second-order valence-electron chi connectivity index (χ2n) is 3.04. The summed E-state index contributed by atoms with van der Waals surface area (Å²) < 4.78 is 0. The Balaban J connectivity index is 2.62. The first-order valence-electron chi connectivity index (χ1n) is 4.28. The van der Waals surface area contributed by atoms with Gasteiger partial charge in [0.1, 0.15) is 0 Å². The monoisotopic (exact) mass is 175 g/mol. The minimum atomic E-state index is -0.356. The number of hydrogen-bond acceptors (Lipinski definition) is 2. The molecule has 13 heavy (non-hydrogen) atoms. The topological polar surface area (TPSA) is 33.1 Å². The summed E-state index contributed by atoms with van der Waals surface area (Å²) in [6.45, 7) is 3.66. The summed E-state index contributed by atoms with van der Waals surface area (Å²) in [6.07, 6.45) is 1.89. The highest BCUT2D eigenvalue weighted by molar-refractivity contribution is 5.32. The molecule has 2 heteroatoms. The highest BCUT2D eigenvalue weighted by Crippen LogP contribution is 1.97. The van der Waals surface area contributed by atoms with Crippen molar-refractivity contribution >= 4 is 0 Å². The molecule has 0 aliphatic rings. The van der Waals surface area contributed by atoms with Gasteiger partial charge in [-0.15, -0.1) is 0 Å². The van der Waals surface area contributed by atoms with E-state index in [1.54, 1.807) is 13.1 Å². The molecule has 0 fully saturated rings. The first-order chi connectivity index (χ1) is 6.18. The lowest BCUT2D eigenvalue weighted by Crippen LogP contribution is -1.95. The maximum absolute atomic E-state index is 8.96. The fourth-order valence-corrected chi connectivity index (χ4v) is 0.843. The van der Waals surface area contributed by atoms with Gasteiger partial charge in [-0.2, -0.15) is 0 Å². The van der Waals surface area contributed by atoms with Gasteiger partial charge in [0.2, 0.25) is 0 Å². The van der Waals surface area contributed by atoms with Crippen molar-refractivity contribution in [3.05, 3.63) is 29.6 Å². The Morgan fingerprint density at radius 3 is 2.85 bits per heavy atom. The molecular weight excluding hydrogens is 162 g/mol. The number of nitrogens with zero attached hydrogens (tertiary/aromatic N) is 1. The van der Waals surface area contributed by atoms with Gasteiger partial charge in [-0.3, -0.25) is 4.98 Å². The molecule has 0 saturated heterocycles. The molecular formula is C11H13NO. The summed E-state index contributed by atoms with van der Waals surface area (Å²) in [4.78, 5) is 4.11. The van der Waals surface area contributed by atoms with Crippen molar-refractivity contribution in [2.24, 2.45) is 0 Å². The quantitative estimate of drug-likeness (QED) is 0.656. The van der Waals surface area contributed by atoms with Gasteiger partial charge in [-0.05, 0) is 26.0 Å². The lowest BCUT2D eigenvalue weighted by atomic mass is 10.2. The number of hydrogen-bond donors (Lipinski definition) is 1. The Bertz CT molecular complexity index is 316. The van der Waals surface area contributed by atoms with E-state index < -0.39 is 0 Å². The number of pyridine rings is 1. The van der Waals surface area contributed by atoms with E-state index in [1.807, 2.05) is 19.1 Å². The molecule has 68 valence electrons. The second-order valence-corrected chi connectivity index (χ2v) is 3.04. The maximum atomic E-state index is 8.96. The number of aromatic nitrogens is 1. The summed E-state index contributed by atoms with van der Waals surface area (Å²) in [5.41, 5.74) is 1.88. The fourth-order valence-electron chi connectivity index (χ4n) is 0.843. The zero-order chi connectivity index (χ0) is 9.68. The highest BCUT2D eigenvalue weighted by Gasteiger charge is 1.89. The lowest BCUT2D eigenvalue weighted by molar-refractivity contribution is 0.201.